The van der Waals surface area contributed by atoms with Crippen LogP contribution in [-0.4, -0.2) is 30.5 Å². The van der Waals surface area contributed by atoms with Crippen LogP contribution in [-0.2, 0) is 0 Å². The third kappa shape index (κ3) is 2.15. The van der Waals surface area contributed by atoms with Gasteiger partial charge in [0.2, 0.25) is 0 Å². The number of benzene rings is 1. The van der Waals surface area contributed by atoms with E-state index in [4.69, 9.17) is 9.47 Å². The van der Waals surface area contributed by atoms with Crippen molar-refractivity contribution in [3.8, 4) is 22.6 Å². The van der Waals surface area contributed by atoms with E-state index in [0.717, 1.165) is 17.4 Å². The molecule has 2 rings (SSSR count). The molecule has 0 bridgehead atoms. The zero-order valence-corrected chi connectivity index (χ0v) is 10.1. The highest BCUT2D eigenvalue weighted by molar-refractivity contribution is 5.83. The Morgan fingerprint density at radius 3 is 2.39 bits per heavy atom. The fourth-order valence-corrected chi connectivity index (χ4v) is 1.71. The van der Waals surface area contributed by atoms with Crippen molar-refractivity contribution in [3.05, 3.63) is 36.4 Å². The highest BCUT2D eigenvalue weighted by Gasteiger charge is 2.14. The summed E-state index contributed by atoms with van der Waals surface area (Å²) in [7, 11) is 3.07. The largest absolute Gasteiger partial charge is 0.493 e. The molecule has 5 nitrogen and oxygen atoms in total. The molecule has 0 aliphatic carbocycles. The second kappa shape index (κ2) is 5.27. The van der Waals surface area contributed by atoms with E-state index in [-0.39, 0.29) is 0 Å². The van der Waals surface area contributed by atoms with Crippen LogP contribution in [0.25, 0.3) is 11.1 Å². The Balaban J connectivity index is 2.67. The monoisotopic (exact) mass is 244 g/mol. The van der Waals surface area contributed by atoms with E-state index in [9.17, 15) is 4.79 Å². The highest BCUT2D eigenvalue weighted by atomic mass is 16.5. The van der Waals surface area contributed by atoms with Gasteiger partial charge < -0.3 is 9.47 Å². The van der Waals surface area contributed by atoms with Crippen molar-refractivity contribution < 1.29 is 14.3 Å². The van der Waals surface area contributed by atoms with Gasteiger partial charge in [-0.05, 0) is 12.1 Å². The summed E-state index contributed by atoms with van der Waals surface area (Å²) in [5, 5.41) is 0. The SMILES string of the molecule is COc1cc(C=O)cc(-c2cncnc2)c1OC. The Kier molecular flexibility index (Phi) is 3.52. The van der Waals surface area contributed by atoms with Crippen LogP contribution in [0.5, 0.6) is 11.5 Å². The molecule has 1 aromatic carbocycles. The zero-order chi connectivity index (χ0) is 13.0. The van der Waals surface area contributed by atoms with E-state index < -0.39 is 0 Å². The van der Waals surface area contributed by atoms with E-state index in [1.54, 1.807) is 31.6 Å². The predicted molar refractivity (Wildman–Crippen MR) is 66.0 cm³/mol. The Morgan fingerprint density at radius 2 is 1.83 bits per heavy atom. The topological polar surface area (TPSA) is 61.3 Å². The molecule has 0 fully saturated rings. The van der Waals surface area contributed by atoms with Crippen LogP contribution in [0.4, 0.5) is 0 Å². The van der Waals surface area contributed by atoms with Crippen LogP contribution in [0.2, 0.25) is 0 Å². The average molecular weight is 244 g/mol. The Labute approximate surface area is 104 Å². The predicted octanol–water partition coefficient (Wildman–Crippen LogP) is 1.97. The minimum absolute atomic E-state index is 0.501. The number of carbonyl (C=O) groups excluding carboxylic acids is 1. The average Bonchev–Trinajstić information content (AvgIpc) is 2.46. The number of carbonyl (C=O) groups is 1. The number of aldehydes is 1. The van der Waals surface area contributed by atoms with Gasteiger partial charge in [-0.15, -0.1) is 0 Å². The third-order valence-corrected chi connectivity index (χ3v) is 2.51. The molecule has 92 valence electrons. The molecule has 18 heavy (non-hydrogen) atoms. The summed E-state index contributed by atoms with van der Waals surface area (Å²) in [5.74, 6) is 1.05. The number of nitrogens with zero attached hydrogens (tertiary/aromatic N) is 2. The normalized spacial score (nSPS) is 9.89. The zero-order valence-electron chi connectivity index (χ0n) is 10.1. The third-order valence-electron chi connectivity index (χ3n) is 2.51. The van der Waals surface area contributed by atoms with Gasteiger partial charge in [0.05, 0.1) is 14.2 Å². The standard InChI is InChI=1S/C13H12N2O3/c1-17-12-4-9(7-16)3-11(13(12)18-2)10-5-14-8-15-6-10/h3-8H,1-2H3. The van der Waals surface area contributed by atoms with E-state index in [1.807, 2.05) is 0 Å². The molecular formula is C13H12N2O3. The van der Waals surface area contributed by atoms with Crippen molar-refractivity contribution >= 4 is 6.29 Å². The molecule has 0 saturated carbocycles. The van der Waals surface area contributed by atoms with Gasteiger partial charge in [-0.2, -0.15) is 0 Å². The second-order valence-corrected chi connectivity index (χ2v) is 3.55. The Hall–Kier alpha value is -2.43. The van der Waals surface area contributed by atoms with Crippen LogP contribution in [0.3, 0.4) is 0 Å². The molecule has 0 aliphatic heterocycles. The van der Waals surface area contributed by atoms with Gasteiger partial charge in [-0.25, -0.2) is 9.97 Å². The highest BCUT2D eigenvalue weighted by Crippen LogP contribution is 2.38. The van der Waals surface area contributed by atoms with Crippen LogP contribution < -0.4 is 9.47 Å². The number of ether oxygens (including phenoxy) is 2. The second-order valence-electron chi connectivity index (χ2n) is 3.55. The summed E-state index contributed by atoms with van der Waals surface area (Å²) in [4.78, 5) is 18.8. The van der Waals surface area contributed by atoms with Crippen molar-refractivity contribution in [1.82, 2.24) is 9.97 Å². The fraction of sp³-hybridized carbons (Fsp3) is 0.154. The summed E-state index contributed by atoms with van der Waals surface area (Å²) in [5.41, 5.74) is 1.99. The van der Waals surface area contributed by atoms with Crippen molar-refractivity contribution in [1.29, 1.82) is 0 Å². The van der Waals surface area contributed by atoms with Crippen molar-refractivity contribution in [2.45, 2.75) is 0 Å². The lowest BCUT2D eigenvalue weighted by atomic mass is 10.0. The molecule has 1 aromatic heterocycles. The summed E-state index contributed by atoms with van der Waals surface area (Å²) in [6.07, 6.45) is 5.50. The first-order chi connectivity index (χ1) is 8.80. The fourth-order valence-electron chi connectivity index (χ4n) is 1.71. The number of hydrogen-bond donors (Lipinski definition) is 0. The molecule has 5 heteroatoms. The van der Waals surface area contributed by atoms with Crippen LogP contribution in [0, 0.1) is 0 Å². The molecule has 0 atom stereocenters. The molecular weight excluding hydrogens is 232 g/mol. The first kappa shape index (κ1) is 12.0. The summed E-state index contributed by atoms with van der Waals surface area (Å²) >= 11 is 0. The van der Waals surface area contributed by atoms with Crippen molar-refractivity contribution in [3.63, 3.8) is 0 Å². The lowest BCUT2D eigenvalue weighted by molar-refractivity contribution is 0.112. The van der Waals surface area contributed by atoms with E-state index in [1.165, 1.54) is 13.4 Å². The molecule has 0 aliphatic rings. The van der Waals surface area contributed by atoms with Gasteiger partial charge in [-0.3, -0.25) is 4.79 Å². The van der Waals surface area contributed by atoms with Gasteiger partial charge in [0, 0.05) is 29.1 Å². The molecule has 0 N–H and O–H groups in total. The van der Waals surface area contributed by atoms with Crippen LogP contribution in [0.15, 0.2) is 30.9 Å². The Bertz CT molecular complexity index is 556. The van der Waals surface area contributed by atoms with E-state index >= 15 is 0 Å². The van der Waals surface area contributed by atoms with Gasteiger partial charge >= 0.3 is 0 Å². The molecule has 0 saturated heterocycles. The van der Waals surface area contributed by atoms with E-state index in [2.05, 4.69) is 9.97 Å². The molecule has 2 aromatic rings. The lowest BCUT2D eigenvalue weighted by Gasteiger charge is -2.13. The molecule has 0 amide bonds. The van der Waals surface area contributed by atoms with E-state index in [0.29, 0.717) is 17.1 Å². The summed E-state index contributed by atoms with van der Waals surface area (Å²) < 4.78 is 10.5. The van der Waals surface area contributed by atoms with Gasteiger partial charge in [-0.1, -0.05) is 0 Å². The Morgan fingerprint density at radius 1 is 1.11 bits per heavy atom. The number of aromatic nitrogens is 2. The smallest absolute Gasteiger partial charge is 0.168 e. The minimum atomic E-state index is 0.501. The summed E-state index contributed by atoms with van der Waals surface area (Å²) in [6, 6.07) is 3.34. The van der Waals surface area contributed by atoms with Gasteiger partial charge in [0.15, 0.2) is 11.5 Å². The first-order valence-electron chi connectivity index (χ1n) is 5.26. The summed E-state index contributed by atoms with van der Waals surface area (Å²) in [6.45, 7) is 0. The minimum Gasteiger partial charge on any atom is -0.493 e. The molecule has 0 spiro atoms. The van der Waals surface area contributed by atoms with Crippen molar-refractivity contribution in [2.24, 2.45) is 0 Å². The quantitative estimate of drug-likeness (QED) is 0.769. The number of hydrogen-bond acceptors (Lipinski definition) is 5. The molecule has 0 unspecified atom stereocenters. The molecule has 1 heterocycles. The first-order valence-corrected chi connectivity index (χ1v) is 5.26. The maximum Gasteiger partial charge on any atom is 0.168 e. The maximum atomic E-state index is 10.9. The van der Waals surface area contributed by atoms with Gasteiger partial charge in [0.1, 0.15) is 12.6 Å². The maximum absolute atomic E-state index is 10.9. The number of rotatable bonds is 4. The van der Waals surface area contributed by atoms with Crippen molar-refractivity contribution in [2.75, 3.05) is 14.2 Å². The lowest BCUT2D eigenvalue weighted by Crippen LogP contribution is -1.96. The molecule has 0 radical (unpaired) electrons. The number of methoxy groups -OCH3 is 2. The van der Waals surface area contributed by atoms with Crippen LogP contribution >= 0.6 is 0 Å². The van der Waals surface area contributed by atoms with Crippen LogP contribution in [0.1, 0.15) is 10.4 Å². The van der Waals surface area contributed by atoms with Gasteiger partial charge in [0.25, 0.3) is 0 Å².